The van der Waals surface area contributed by atoms with Gasteiger partial charge in [-0.25, -0.2) is 0 Å². The molecule has 0 atom stereocenters. The number of benzene rings is 1. The predicted molar refractivity (Wildman–Crippen MR) is 105 cm³/mol. The van der Waals surface area contributed by atoms with Crippen LogP contribution in [0.4, 0.5) is 0 Å². The summed E-state index contributed by atoms with van der Waals surface area (Å²) in [6, 6.07) is 7.62. The number of ether oxygens (including phenoxy) is 1. The minimum absolute atomic E-state index is 0.0360. The van der Waals surface area contributed by atoms with Gasteiger partial charge in [-0.1, -0.05) is 25.6 Å². The molecule has 2 aromatic rings. The first-order chi connectivity index (χ1) is 12.9. The minimum atomic E-state index is -0.238. The number of likely N-dealkylation sites (N-methyl/N-ethyl adjacent to an activating group) is 1. The molecular weight excluding hydrogens is 366 g/mol. The van der Waals surface area contributed by atoms with Gasteiger partial charge in [0.05, 0.1) is 19.4 Å². The van der Waals surface area contributed by atoms with Crippen molar-refractivity contribution in [3.63, 3.8) is 0 Å². The number of hydrogen-bond acceptors (Lipinski definition) is 6. The largest absolute Gasteiger partial charge is 0.497 e. The highest BCUT2D eigenvalue weighted by molar-refractivity contribution is 7.99. The Hall–Kier alpha value is -2.55. The van der Waals surface area contributed by atoms with Gasteiger partial charge in [-0.3, -0.25) is 9.59 Å². The predicted octanol–water partition coefficient (Wildman–Crippen LogP) is 1.56. The number of carbonyl (C=O) groups is 2. The van der Waals surface area contributed by atoms with Crippen molar-refractivity contribution in [3.05, 3.63) is 24.3 Å². The van der Waals surface area contributed by atoms with Gasteiger partial charge >= 0.3 is 0 Å². The molecule has 0 bridgehead atoms. The molecule has 1 aromatic heterocycles. The zero-order valence-corrected chi connectivity index (χ0v) is 16.8. The summed E-state index contributed by atoms with van der Waals surface area (Å²) in [5.74, 6) is 1.61. The van der Waals surface area contributed by atoms with Crippen molar-refractivity contribution >= 4 is 23.6 Å². The summed E-state index contributed by atoms with van der Waals surface area (Å²) in [6.07, 6.45) is 0. The van der Waals surface area contributed by atoms with E-state index in [1.54, 1.807) is 7.11 Å². The number of amides is 2. The van der Waals surface area contributed by atoms with E-state index >= 15 is 0 Å². The van der Waals surface area contributed by atoms with E-state index in [0.717, 1.165) is 23.7 Å². The summed E-state index contributed by atoms with van der Waals surface area (Å²) in [4.78, 5) is 23.1. The molecule has 0 saturated heterocycles. The zero-order valence-electron chi connectivity index (χ0n) is 16.0. The third kappa shape index (κ3) is 5.99. The molecule has 27 heavy (non-hydrogen) atoms. The van der Waals surface area contributed by atoms with Gasteiger partial charge < -0.3 is 19.9 Å². The normalized spacial score (nSPS) is 10.7. The molecule has 0 radical (unpaired) electrons. The van der Waals surface area contributed by atoms with Gasteiger partial charge in [-0.15, -0.1) is 10.2 Å². The zero-order chi connectivity index (χ0) is 19.8. The fourth-order valence-electron chi connectivity index (χ4n) is 2.33. The molecule has 8 nitrogen and oxygen atoms in total. The van der Waals surface area contributed by atoms with Gasteiger partial charge in [0.15, 0.2) is 11.0 Å². The third-order valence-corrected chi connectivity index (χ3v) is 4.64. The van der Waals surface area contributed by atoms with Crippen LogP contribution in [0.25, 0.3) is 11.4 Å². The lowest BCUT2D eigenvalue weighted by Crippen LogP contribution is -2.36. The van der Waals surface area contributed by atoms with Crippen molar-refractivity contribution in [2.75, 3.05) is 26.5 Å². The quantitative estimate of drug-likeness (QED) is 0.630. The van der Waals surface area contributed by atoms with Crippen LogP contribution in [0.15, 0.2) is 29.4 Å². The Morgan fingerprint density at radius 2 is 1.89 bits per heavy atom. The number of nitrogens with zero attached hydrogens (tertiary/aromatic N) is 3. The van der Waals surface area contributed by atoms with Crippen LogP contribution in [0.5, 0.6) is 5.75 Å². The first kappa shape index (κ1) is 20.8. The van der Waals surface area contributed by atoms with Gasteiger partial charge in [0, 0.05) is 19.2 Å². The summed E-state index contributed by atoms with van der Waals surface area (Å²) < 4.78 is 7.22. The van der Waals surface area contributed by atoms with Crippen molar-refractivity contribution in [2.45, 2.75) is 25.5 Å². The molecule has 146 valence electrons. The first-order valence-corrected chi connectivity index (χ1v) is 9.60. The van der Waals surface area contributed by atoms with Crippen molar-refractivity contribution in [1.29, 1.82) is 0 Å². The Bertz CT molecular complexity index is 774. The van der Waals surface area contributed by atoms with Crippen LogP contribution in [0.1, 0.15) is 13.8 Å². The summed E-state index contributed by atoms with van der Waals surface area (Å²) in [6.45, 7) is 4.92. The first-order valence-electron chi connectivity index (χ1n) is 8.62. The topological polar surface area (TPSA) is 98.1 Å². The van der Waals surface area contributed by atoms with E-state index in [-0.39, 0.29) is 24.1 Å². The van der Waals surface area contributed by atoms with Gasteiger partial charge in [0.25, 0.3) is 0 Å². The third-order valence-electron chi connectivity index (χ3n) is 3.67. The summed E-state index contributed by atoms with van der Waals surface area (Å²) in [5, 5.41) is 14.3. The van der Waals surface area contributed by atoms with Crippen molar-refractivity contribution in [2.24, 2.45) is 5.92 Å². The molecule has 0 aliphatic heterocycles. The maximum atomic E-state index is 11.9. The smallest absolute Gasteiger partial charge is 0.239 e. The van der Waals surface area contributed by atoms with Crippen LogP contribution >= 0.6 is 11.8 Å². The van der Waals surface area contributed by atoms with E-state index in [1.165, 1.54) is 18.8 Å². The number of rotatable bonds is 9. The molecule has 2 amide bonds. The van der Waals surface area contributed by atoms with Crippen LogP contribution in [0.2, 0.25) is 0 Å². The minimum Gasteiger partial charge on any atom is -0.497 e. The number of thioether (sulfide) groups is 1. The number of methoxy groups -OCH3 is 1. The Morgan fingerprint density at radius 1 is 1.19 bits per heavy atom. The van der Waals surface area contributed by atoms with Crippen molar-refractivity contribution in [3.8, 4) is 17.1 Å². The highest BCUT2D eigenvalue weighted by Crippen LogP contribution is 2.26. The molecule has 0 saturated carbocycles. The van der Waals surface area contributed by atoms with Crippen LogP contribution in [-0.2, 0) is 16.1 Å². The second-order valence-corrected chi connectivity index (χ2v) is 7.22. The number of nitrogens with one attached hydrogen (secondary N) is 2. The molecular formula is C18H25N5O3S. The SMILES string of the molecule is CNC(=O)CNC(=O)CSc1nnc(-c2ccc(OC)cc2)n1CC(C)C. The maximum absolute atomic E-state index is 11.9. The van der Waals surface area contributed by atoms with E-state index in [1.807, 2.05) is 28.8 Å². The average molecular weight is 391 g/mol. The lowest BCUT2D eigenvalue weighted by Gasteiger charge is -2.12. The monoisotopic (exact) mass is 391 g/mol. The highest BCUT2D eigenvalue weighted by Gasteiger charge is 2.17. The fourth-order valence-corrected chi connectivity index (χ4v) is 3.10. The van der Waals surface area contributed by atoms with Gasteiger partial charge in [-0.2, -0.15) is 0 Å². The summed E-state index contributed by atoms with van der Waals surface area (Å²) >= 11 is 1.30. The van der Waals surface area contributed by atoms with Crippen LogP contribution < -0.4 is 15.4 Å². The number of carbonyl (C=O) groups excluding carboxylic acids is 2. The van der Waals surface area contributed by atoms with Crippen molar-refractivity contribution < 1.29 is 14.3 Å². The van der Waals surface area contributed by atoms with Crippen LogP contribution in [0, 0.1) is 5.92 Å². The Morgan fingerprint density at radius 3 is 2.48 bits per heavy atom. The molecule has 0 aliphatic rings. The summed E-state index contributed by atoms with van der Waals surface area (Å²) in [7, 11) is 3.15. The van der Waals surface area contributed by atoms with Gasteiger partial charge in [0.1, 0.15) is 5.75 Å². The standard InChI is InChI=1S/C18H25N5O3S/c1-12(2)10-23-17(13-5-7-14(26-4)8-6-13)21-22-18(23)27-11-16(25)20-9-15(24)19-3/h5-8,12H,9-11H2,1-4H3,(H,19,24)(H,20,25). The van der Waals surface area contributed by atoms with Crippen LogP contribution in [0.3, 0.4) is 0 Å². The highest BCUT2D eigenvalue weighted by atomic mass is 32.2. The number of hydrogen-bond donors (Lipinski definition) is 2. The van der Waals surface area contributed by atoms with Gasteiger partial charge in [0.2, 0.25) is 11.8 Å². The lowest BCUT2D eigenvalue weighted by atomic mass is 10.2. The molecule has 0 fully saturated rings. The number of aromatic nitrogens is 3. The average Bonchev–Trinajstić information content (AvgIpc) is 3.06. The molecule has 2 N–H and O–H groups in total. The van der Waals surface area contributed by atoms with Crippen LogP contribution in [-0.4, -0.2) is 53.0 Å². The second-order valence-electron chi connectivity index (χ2n) is 6.28. The second kappa shape index (κ2) is 9.96. The molecule has 0 aliphatic carbocycles. The van der Waals surface area contributed by atoms with E-state index in [4.69, 9.17) is 4.74 Å². The molecule has 1 heterocycles. The molecule has 2 rings (SSSR count). The molecule has 9 heteroatoms. The lowest BCUT2D eigenvalue weighted by molar-refractivity contribution is -0.124. The van der Waals surface area contributed by atoms with E-state index < -0.39 is 0 Å². The van der Waals surface area contributed by atoms with Crippen molar-refractivity contribution in [1.82, 2.24) is 25.4 Å². The van der Waals surface area contributed by atoms with E-state index in [0.29, 0.717) is 11.1 Å². The summed E-state index contributed by atoms with van der Waals surface area (Å²) in [5.41, 5.74) is 0.930. The van der Waals surface area contributed by atoms with E-state index in [2.05, 4.69) is 34.7 Å². The fraction of sp³-hybridized carbons (Fsp3) is 0.444. The molecule has 0 unspecified atom stereocenters. The maximum Gasteiger partial charge on any atom is 0.239 e. The Kier molecular flexibility index (Phi) is 7.66. The molecule has 1 aromatic carbocycles. The molecule has 0 spiro atoms. The Labute approximate surface area is 163 Å². The van der Waals surface area contributed by atoms with E-state index in [9.17, 15) is 9.59 Å². The Balaban J connectivity index is 2.12. The van der Waals surface area contributed by atoms with Gasteiger partial charge in [-0.05, 0) is 30.2 Å².